The molecule has 6 N–H and O–H groups in total. The lowest BCUT2D eigenvalue weighted by atomic mass is 10.1. The summed E-state index contributed by atoms with van der Waals surface area (Å²) in [6.07, 6.45) is 14.8. The van der Waals surface area contributed by atoms with Crippen molar-refractivity contribution in [2.24, 2.45) is 0 Å². The molecule has 5 amide bonds. The van der Waals surface area contributed by atoms with Crippen LogP contribution in [0.4, 0.5) is 0 Å². The van der Waals surface area contributed by atoms with Crippen molar-refractivity contribution in [3.63, 3.8) is 0 Å². The van der Waals surface area contributed by atoms with Crippen LogP contribution in [-0.2, 0) is 28.8 Å². The van der Waals surface area contributed by atoms with Crippen LogP contribution in [-0.4, -0.2) is 72.8 Å². The van der Waals surface area contributed by atoms with Crippen LogP contribution < -0.4 is 26.6 Å². The SMILES string of the molecule is CCCCCCCCNC(=O)CCNC(=O)CCCC[C@@H](NC(=O)CCC(=O)O)C(=O)NCCC(=O)NCCCCCCCC. The van der Waals surface area contributed by atoms with E-state index in [1.807, 2.05) is 0 Å². The van der Waals surface area contributed by atoms with Crippen LogP contribution in [0.2, 0.25) is 0 Å². The number of carbonyl (C=O) groups excluding carboxylic acids is 5. The molecule has 1 atom stereocenters. The highest BCUT2D eigenvalue weighted by molar-refractivity contribution is 5.89. The van der Waals surface area contributed by atoms with Gasteiger partial charge in [-0.25, -0.2) is 0 Å². The Labute approximate surface area is 270 Å². The van der Waals surface area contributed by atoms with Crippen LogP contribution >= 0.6 is 0 Å². The van der Waals surface area contributed by atoms with Crippen molar-refractivity contribution in [1.82, 2.24) is 26.6 Å². The molecule has 0 aliphatic carbocycles. The average Bonchev–Trinajstić information content (AvgIpc) is 3.00. The molecule has 45 heavy (non-hydrogen) atoms. The third-order valence-electron chi connectivity index (χ3n) is 7.39. The van der Waals surface area contributed by atoms with Gasteiger partial charge in [-0.05, 0) is 25.7 Å². The van der Waals surface area contributed by atoms with E-state index in [-0.39, 0.29) is 69.3 Å². The molecule has 260 valence electrons. The fourth-order valence-corrected chi connectivity index (χ4v) is 4.66. The Morgan fingerprint density at radius 3 is 1.47 bits per heavy atom. The molecular formula is C33H61N5O7. The second-order valence-corrected chi connectivity index (χ2v) is 11.6. The second kappa shape index (κ2) is 29.5. The number of hydrogen-bond acceptors (Lipinski definition) is 6. The van der Waals surface area contributed by atoms with E-state index in [9.17, 15) is 28.8 Å². The Balaban J connectivity index is 4.34. The molecule has 0 unspecified atom stereocenters. The molecule has 12 nitrogen and oxygen atoms in total. The molecule has 0 spiro atoms. The minimum Gasteiger partial charge on any atom is -0.481 e. The van der Waals surface area contributed by atoms with Crippen molar-refractivity contribution < 1.29 is 33.9 Å². The molecule has 0 aromatic carbocycles. The zero-order chi connectivity index (χ0) is 33.5. The highest BCUT2D eigenvalue weighted by Crippen LogP contribution is 2.07. The van der Waals surface area contributed by atoms with Gasteiger partial charge in [0.05, 0.1) is 6.42 Å². The first-order valence-electron chi connectivity index (χ1n) is 17.3. The number of carboxylic acid groups (broad SMARTS) is 1. The first-order chi connectivity index (χ1) is 21.7. The number of amides is 5. The number of carboxylic acids is 1. The summed E-state index contributed by atoms with van der Waals surface area (Å²) in [7, 11) is 0. The van der Waals surface area contributed by atoms with E-state index in [1.165, 1.54) is 44.9 Å². The minimum absolute atomic E-state index is 0.0911. The Morgan fingerprint density at radius 2 is 0.933 bits per heavy atom. The van der Waals surface area contributed by atoms with Crippen LogP contribution in [0.25, 0.3) is 0 Å². The highest BCUT2D eigenvalue weighted by atomic mass is 16.4. The monoisotopic (exact) mass is 639 g/mol. The van der Waals surface area contributed by atoms with Crippen molar-refractivity contribution in [1.29, 1.82) is 0 Å². The summed E-state index contributed by atoms with van der Waals surface area (Å²) < 4.78 is 0. The zero-order valence-electron chi connectivity index (χ0n) is 27.9. The van der Waals surface area contributed by atoms with Gasteiger partial charge in [-0.15, -0.1) is 0 Å². The van der Waals surface area contributed by atoms with Gasteiger partial charge in [-0.3, -0.25) is 28.8 Å². The van der Waals surface area contributed by atoms with Gasteiger partial charge in [-0.1, -0.05) is 84.5 Å². The lowest BCUT2D eigenvalue weighted by molar-refractivity contribution is -0.139. The zero-order valence-corrected chi connectivity index (χ0v) is 27.9. The van der Waals surface area contributed by atoms with Gasteiger partial charge in [-0.2, -0.15) is 0 Å². The Morgan fingerprint density at radius 1 is 0.467 bits per heavy atom. The highest BCUT2D eigenvalue weighted by Gasteiger charge is 2.21. The molecule has 0 aromatic rings. The van der Waals surface area contributed by atoms with Gasteiger partial charge in [0.25, 0.3) is 0 Å². The van der Waals surface area contributed by atoms with Crippen molar-refractivity contribution in [3.8, 4) is 0 Å². The summed E-state index contributed by atoms with van der Waals surface area (Å²) in [5.41, 5.74) is 0. The summed E-state index contributed by atoms with van der Waals surface area (Å²) in [5.74, 6) is -2.57. The van der Waals surface area contributed by atoms with Crippen molar-refractivity contribution in [2.75, 3.05) is 26.2 Å². The van der Waals surface area contributed by atoms with Crippen LogP contribution in [0, 0.1) is 0 Å². The van der Waals surface area contributed by atoms with Gasteiger partial charge in [0.1, 0.15) is 6.04 Å². The predicted molar refractivity (Wildman–Crippen MR) is 175 cm³/mol. The lowest BCUT2D eigenvalue weighted by Gasteiger charge is -2.18. The molecule has 0 heterocycles. The first-order valence-corrected chi connectivity index (χ1v) is 17.3. The summed E-state index contributed by atoms with van der Waals surface area (Å²) in [4.78, 5) is 72.0. The standard InChI is InChI=1S/C33H61N5O7/c1-3-5-7-9-11-15-23-34-29(40)21-25-36-28(39)18-14-13-17-27(38-31(42)19-20-32(43)44)33(45)37-26-22-30(41)35-24-16-12-10-8-6-4-2/h27H,3-26H2,1-2H3,(H,34,40)(H,35,41)(H,36,39)(H,37,45)(H,38,42)(H,43,44)/t27-/m1/s1. The number of carbonyl (C=O) groups is 6. The van der Waals surface area contributed by atoms with E-state index in [0.717, 1.165) is 32.1 Å². The molecule has 0 saturated carbocycles. The number of unbranched alkanes of at least 4 members (excludes halogenated alkanes) is 11. The van der Waals surface area contributed by atoms with E-state index in [4.69, 9.17) is 5.11 Å². The van der Waals surface area contributed by atoms with Crippen molar-refractivity contribution in [2.45, 2.75) is 148 Å². The van der Waals surface area contributed by atoms with E-state index < -0.39 is 23.8 Å². The smallest absolute Gasteiger partial charge is 0.303 e. The molecule has 0 rings (SSSR count). The molecule has 0 fully saturated rings. The van der Waals surface area contributed by atoms with Crippen molar-refractivity contribution in [3.05, 3.63) is 0 Å². The fourth-order valence-electron chi connectivity index (χ4n) is 4.66. The Hall–Kier alpha value is -3.18. The van der Waals surface area contributed by atoms with Crippen molar-refractivity contribution >= 4 is 35.5 Å². The predicted octanol–water partition coefficient (Wildman–Crippen LogP) is 3.86. The quantitative estimate of drug-likeness (QED) is 0.0645. The molecule has 0 bridgehead atoms. The number of aliphatic carboxylic acids is 1. The van der Waals surface area contributed by atoms with Crippen LogP contribution in [0.1, 0.15) is 142 Å². The molecule has 12 heteroatoms. The molecule has 0 aliphatic heterocycles. The molecule has 0 radical (unpaired) electrons. The molecular weight excluding hydrogens is 578 g/mol. The third-order valence-corrected chi connectivity index (χ3v) is 7.39. The Kier molecular flexibility index (Phi) is 27.4. The second-order valence-electron chi connectivity index (χ2n) is 11.6. The van der Waals surface area contributed by atoms with E-state index in [2.05, 4.69) is 40.4 Å². The third kappa shape index (κ3) is 28.1. The van der Waals surface area contributed by atoms with Gasteiger partial charge >= 0.3 is 5.97 Å². The summed E-state index contributed by atoms with van der Waals surface area (Å²) in [6, 6.07) is -0.907. The van der Waals surface area contributed by atoms with Crippen LogP contribution in [0.15, 0.2) is 0 Å². The minimum atomic E-state index is -1.11. The van der Waals surface area contributed by atoms with Crippen LogP contribution in [0.5, 0.6) is 0 Å². The van der Waals surface area contributed by atoms with E-state index in [1.54, 1.807) is 0 Å². The average molecular weight is 640 g/mol. The Bertz CT molecular complexity index is 853. The number of hydrogen-bond donors (Lipinski definition) is 6. The fraction of sp³-hybridized carbons (Fsp3) is 0.818. The maximum absolute atomic E-state index is 12.8. The molecule has 0 aliphatic rings. The first kappa shape index (κ1) is 41.8. The maximum Gasteiger partial charge on any atom is 0.303 e. The molecule has 0 saturated heterocycles. The topological polar surface area (TPSA) is 183 Å². The summed E-state index contributed by atoms with van der Waals surface area (Å²) in [6.45, 7) is 5.94. The van der Waals surface area contributed by atoms with E-state index in [0.29, 0.717) is 25.9 Å². The van der Waals surface area contributed by atoms with Gasteiger partial charge in [0, 0.05) is 51.9 Å². The van der Waals surface area contributed by atoms with Gasteiger partial charge < -0.3 is 31.7 Å². The largest absolute Gasteiger partial charge is 0.481 e. The summed E-state index contributed by atoms with van der Waals surface area (Å²) in [5, 5.41) is 22.6. The van der Waals surface area contributed by atoms with Gasteiger partial charge in [0.2, 0.25) is 29.5 Å². The number of nitrogens with one attached hydrogen (secondary N) is 5. The van der Waals surface area contributed by atoms with Gasteiger partial charge in [0.15, 0.2) is 0 Å². The van der Waals surface area contributed by atoms with E-state index >= 15 is 0 Å². The van der Waals surface area contributed by atoms with Crippen LogP contribution in [0.3, 0.4) is 0 Å². The lowest BCUT2D eigenvalue weighted by Crippen LogP contribution is -2.47. The molecule has 0 aromatic heterocycles. The normalized spacial score (nSPS) is 11.3. The summed E-state index contributed by atoms with van der Waals surface area (Å²) >= 11 is 0. The number of rotatable bonds is 30. The maximum atomic E-state index is 12.8.